The van der Waals surface area contributed by atoms with Crippen molar-refractivity contribution in [3.63, 3.8) is 0 Å². The predicted molar refractivity (Wildman–Crippen MR) is 79.8 cm³/mol. The van der Waals surface area contributed by atoms with Crippen molar-refractivity contribution in [3.8, 4) is 5.75 Å². The summed E-state index contributed by atoms with van der Waals surface area (Å²) in [5.74, 6) is 0.178. The van der Waals surface area contributed by atoms with Crippen LogP contribution >= 0.6 is 11.6 Å². The molecule has 6 nitrogen and oxygen atoms in total. The topological polar surface area (TPSA) is 79.5 Å². The molecule has 112 valence electrons. The van der Waals surface area contributed by atoms with E-state index in [0.717, 1.165) is 0 Å². The van der Waals surface area contributed by atoms with Crippen molar-refractivity contribution in [2.24, 2.45) is 0 Å². The molecular formula is C14H16ClN3O3. The van der Waals surface area contributed by atoms with Gasteiger partial charge in [-0.1, -0.05) is 11.6 Å². The molecule has 2 aliphatic rings. The summed E-state index contributed by atoms with van der Waals surface area (Å²) >= 11 is 6.11. The summed E-state index contributed by atoms with van der Waals surface area (Å²) in [6, 6.07) is 3.79. The van der Waals surface area contributed by atoms with E-state index in [1.54, 1.807) is 12.1 Å². The monoisotopic (exact) mass is 309 g/mol. The minimum atomic E-state index is -0.221. The molecule has 1 aliphatic carbocycles. The third kappa shape index (κ3) is 3.65. The van der Waals surface area contributed by atoms with Crippen LogP contribution in [0.15, 0.2) is 12.1 Å². The predicted octanol–water partition coefficient (Wildman–Crippen LogP) is 1.75. The molecule has 0 radical (unpaired) electrons. The number of halogens is 1. The summed E-state index contributed by atoms with van der Waals surface area (Å²) in [5, 5.41) is 9.07. The zero-order valence-corrected chi connectivity index (χ0v) is 12.1. The largest absolute Gasteiger partial charge is 0.482 e. The van der Waals surface area contributed by atoms with Gasteiger partial charge in [0.2, 0.25) is 5.91 Å². The van der Waals surface area contributed by atoms with E-state index >= 15 is 0 Å². The molecule has 0 atom stereocenters. The second-order valence-electron chi connectivity index (χ2n) is 5.19. The number of anilines is 2. The van der Waals surface area contributed by atoms with E-state index in [-0.39, 0.29) is 18.4 Å². The van der Waals surface area contributed by atoms with Gasteiger partial charge in [0.1, 0.15) is 5.75 Å². The van der Waals surface area contributed by atoms with Gasteiger partial charge in [-0.3, -0.25) is 9.59 Å². The maximum atomic E-state index is 11.9. The summed E-state index contributed by atoms with van der Waals surface area (Å²) in [4.78, 5) is 23.1. The maximum Gasteiger partial charge on any atom is 0.262 e. The molecule has 1 aliphatic heterocycles. The van der Waals surface area contributed by atoms with Gasteiger partial charge in [0.15, 0.2) is 6.61 Å². The lowest BCUT2D eigenvalue weighted by molar-refractivity contribution is -0.118. The Morgan fingerprint density at radius 3 is 3.00 bits per heavy atom. The van der Waals surface area contributed by atoms with Crippen LogP contribution in [0.3, 0.4) is 0 Å². The third-order valence-electron chi connectivity index (χ3n) is 3.34. The van der Waals surface area contributed by atoms with Crippen LogP contribution in [0, 0.1) is 0 Å². The van der Waals surface area contributed by atoms with Crippen molar-refractivity contribution in [2.75, 3.05) is 23.8 Å². The van der Waals surface area contributed by atoms with Crippen LogP contribution in [-0.4, -0.2) is 31.0 Å². The molecule has 2 amide bonds. The Balaban J connectivity index is 1.61. The SMILES string of the molecule is O=C(CCNC1CC1)Nc1cc2c(cc1Cl)NC(=O)CO2. The highest BCUT2D eigenvalue weighted by Gasteiger charge is 2.21. The first-order valence-electron chi connectivity index (χ1n) is 6.91. The van der Waals surface area contributed by atoms with Gasteiger partial charge < -0.3 is 20.7 Å². The van der Waals surface area contributed by atoms with Crippen molar-refractivity contribution in [2.45, 2.75) is 25.3 Å². The van der Waals surface area contributed by atoms with Crippen molar-refractivity contribution in [1.82, 2.24) is 5.32 Å². The summed E-state index contributed by atoms with van der Waals surface area (Å²) in [7, 11) is 0. The van der Waals surface area contributed by atoms with Crippen LogP contribution in [0.4, 0.5) is 11.4 Å². The van der Waals surface area contributed by atoms with E-state index < -0.39 is 0 Å². The lowest BCUT2D eigenvalue weighted by Gasteiger charge is -2.19. The molecule has 0 bridgehead atoms. The van der Waals surface area contributed by atoms with Crippen LogP contribution in [0.1, 0.15) is 19.3 Å². The molecule has 3 N–H and O–H groups in total. The van der Waals surface area contributed by atoms with Gasteiger partial charge in [-0.15, -0.1) is 0 Å². The van der Waals surface area contributed by atoms with E-state index in [1.807, 2.05) is 0 Å². The number of carbonyl (C=O) groups is 2. The Labute approximate surface area is 127 Å². The van der Waals surface area contributed by atoms with Gasteiger partial charge in [-0.2, -0.15) is 0 Å². The minimum Gasteiger partial charge on any atom is -0.482 e. The first-order chi connectivity index (χ1) is 10.1. The number of carbonyl (C=O) groups excluding carboxylic acids is 2. The number of hydrogen-bond donors (Lipinski definition) is 3. The number of rotatable bonds is 5. The average Bonchev–Trinajstić information content (AvgIpc) is 3.24. The van der Waals surface area contributed by atoms with Crippen LogP contribution in [0.25, 0.3) is 0 Å². The number of fused-ring (bicyclic) bond motifs is 1. The van der Waals surface area contributed by atoms with Crippen molar-refractivity contribution >= 4 is 34.8 Å². The number of benzene rings is 1. The fourth-order valence-corrected chi connectivity index (χ4v) is 2.30. The molecular weight excluding hydrogens is 294 g/mol. The zero-order valence-electron chi connectivity index (χ0n) is 11.4. The summed E-state index contributed by atoms with van der Waals surface area (Å²) in [6.45, 7) is 0.624. The summed E-state index contributed by atoms with van der Waals surface area (Å²) in [6.07, 6.45) is 2.78. The van der Waals surface area contributed by atoms with Crippen LogP contribution in [0.5, 0.6) is 5.75 Å². The van der Waals surface area contributed by atoms with E-state index in [2.05, 4.69) is 16.0 Å². The number of hydrogen-bond acceptors (Lipinski definition) is 4. The second-order valence-corrected chi connectivity index (χ2v) is 5.60. The molecule has 3 rings (SSSR count). The van der Waals surface area contributed by atoms with E-state index in [9.17, 15) is 9.59 Å². The molecule has 1 aromatic rings. The normalized spacial score (nSPS) is 16.7. The Bertz CT molecular complexity index is 587. The first kappa shape index (κ1) is 14.2. The highest BCUT2D eigenvalue weighted by molar-refractivity contribution is 6.34. The van der Waals surface area contributed by atoms with Crippen molar-refractivity contribution in [3.05, 3.63) is 17.2 Å². The number of nitrogens with one attached hydrogen (secondary N) is 3. The van der Waals surface area contributed by atoms with Gasteiger partial charge in [0.25, 0.3) is 5.91 Å². The van der Waals surface area contributed by atoms with E-state index in [4.69, 9.17) is 16.3 Å². The molecule has 0 spiro atoms. The molecule has 1 aromatic carbocycles. The fraction of sp³-hybridized carbons (Fsp3) is 0.429. The zero-order chi connectivity index (χ0) is 14.8. The summed E-state index contributed by atoms with van der Waals surface area (Å²) in [5.41, 5.74) is 1.01. The highest BCUT2D eigenvalue weighted by Crippen LogP contribution is 2.36. The molecule has 0 saturated heterocycles. The van der Waals surface area contributed by atoms with Gasteiger partial charge in [0, 0.05) is 25.1 Å². The van der Waals surface area contributed by atoms with Crippen LogP contribution in [-0.2, 0) is 9.59 Å². The smallest absolute Gasteiger partial charge is 0.262 e. The second kappa shape index (κ2) is 5.91. The van der Waals surface area contributed by atoms with Gasteiger partial charge in [0.05, 0.1) is 16.4 Å². The molecule has 1 heterocycles. The number of ether oxygens (including phenoxy) is 1. The van der Waals surface area contributed by atoms with Crippen LogP contribution in [0.2, 0.25) is 5.02 Å². The Morgan fingerprint density at radius 2 is 2.24 bits per heavy atom. The molecule has 1 saturated carbocycles. The van der Waals surface area contributed by atoms with E-state index in [1.165, 1.54) is 12.8 Å². The molecule has 0 unspecified atom stereocenters. The third-order valence-corrected chi connectivity index (χ3v) is 3.65. The quantitative estimate of drug-likeness (QED) is 0.774. The Hall–Kier alpha value is -1.79. The number of amides is 2. The first-order valence-corrected chi connectivity index (χ1v) is 7.29. The standard InChI is InChI=1S/C14H16ClN3O3/c15-9-5-11-12(21-7-14(20)18-11)6-10(9)17-13(19)3-4-16-8-1-2-8/h5-6,8,16H,1-4,7H2,(H,17,19)(H,18,20). The molecule has 1 fully saturated rings. The van der Waals surface area contributed by atoms with Crippen molar-refractivity contribution < 1.29 is 14.3 Å². The minimum absolute atomic E-state index is 0.0344. The average molecular weight is 310 g/mol. The Kier molecular flexibility index (Phi) is 3.98. The molecule has 0 aromatic heterocycles. The van der Waals surface area contributed by atoms with Gasteiger partial charge >= 0.3 is 0 Å². The maximum absolute atomic E-state index is 11.9. The van der Waals surface area contributed by atoms with Crippen LogP contribution < -0.4 is 20.7 Å². The van der Waals surface area contributed by atoms with Gasteiger partial charge in [-0.05, 0) is 18.9 Å². The van der Waals surface area contributed by atoms with Gasteiger partial charge in [-0.25, -0.2) is 0 Å². The lowest BCUT2D eigenvalue weighted by Crippen LogP contribution is -2.26. The highest BCUT2D eigenvalue weighted by atomic mass is 35.5. The van der Waals surface area contributed by atoms with E-state index in [0.29, 0.717) is 41.2 Å². The molecule has 21 heavy (non-hydrogen) atoms. The lowest BCUT2D eigenvalue weighted by atomic mass is 10.2. The summed E-state index contributed by atoms with van der Waals surface area (Å²) < 4.78 is 5.30. The molecule has 7 heteroatoms. The van der Waals surface area contributed by atoms with Crippen molar-refractivity contribution in [1.29, 1.82) is 0 Å². The Morgan fingerprint density at radius 1 is 1.43 bits per heavy atom. The fourth-order valence-electron chi connectivity index (χ4n) is 2.09.